The lowest BCUT2D eigenvalue weighted by Gasteiger charge is -2.25. The van der Waals surface area contributed by atoms with Gasteiger partial charge in [-0.2, -0.15) is 4.31 Å². The van der Waals surface area contributed by atoms with Crippen LogP contribution in [0.25, 0.3) is 0 Å². The number of fused-ring (bicyclic) bond motifs is 1. The molecule has 0 radical (unpaired) electrons. The molecule has 3 rings (SSSR count). The number of non-ortho nitro benzene ring substituents is 1. The highest BCUT2D eigenvalue weighted by Gasteiger charge is 2.30. The molecule has 0 saturated carbocycles. The molecule has 9 nitrogen and oxygen atoms in total. The summed E-state index contributed by atoms with van der Waals surface area (Å²) in [4.78, 5) is 21.5. The van der Waals surface area contributed by atoms with Crippen molar-refractivity contribution in [3.8, 4) is 0 Å². The van der Waals surface area contributed by atoms with Gasteiger partial charge in [-0.3, -0.25) is 20.0 Å². The molecule has 1 aliphatic rings. The van der Waals surface area contributed by atoms with Crippen molar-refractivity contribution in [3.63, 3.8) is 0 Å². The van der Waals surface area contributed by atoms with E-state index in [-0.39, 0.29) is 29.2 Å². The van der Waals surface area contributed by atoms with Gasteiger partial charge in [-0.1, -0.05) is 0 Å². The van der Waals surface area contributed by atoms with Crippen LogP contribution in [0.15, 0.2) is 34.0 Å². The van der Waals surface area contributed by atoms with Crippen LogP contribution in [0.2, 0.25) is 0 Å². The van der Waals surface area contributed by atoms with Gasteiger partial charge in [0.15, 0.2) is 0 Å². The van der Waals surface area contributed by atoms with Gasteiger partial charge in [-0.05, 0) is 18.6 Å². The van der Waals surface area contributed by atoms with Crippen molar-refractivity contribution in [1.82, 2.24) is 14.5 Å². The number of sulfonamides is 1. The summed E-state index contributed by atoms with van der Waals surface area (Å²) in [5.41, 5.74) is 0.703. The first-order valence-corrected chi connectivity index (χ1v) is 7.86. The molecule has 0 spiro atoms. The molecule has 1 aromatic carbocycles. The minimum absolute atomic E-state index is 0.0144. The summed E-state index contributed by atoms with van der Waals surface area (Å²) in [6.45, 7) is 0.251. The van der Waals surface area contributed by atoms with Gasteiger partial charge in [0.05, 0.1) is 22.1 Å². The van der Waals surface area contributed by atoms with Crippen molar-refractivity contribution in [3.05, 3.63) is 56.0 Å². The molecule has 0 bridgehead atoms. The van der Waals surface area contributed by atoms with Gasteiger partial charge in [-0.25, -0.2) is 8.42 Å². The van der Waals surface area contributed by atoms with Gasteiger partial charge in [-0.15, -0.1) is 0 Å². The number of nitro benzene ring substituents is 1. The third kappa shape index (κ3) is 2.31. The molecule has 2 aromatic rings. The first-order chi connectivity index (χ1) is 10.4. The van der Waals surface area contributed by atoms with Crippen molar-refractivity contribution < 1.29 is 13.3 Å². The molecule has 10 heteroatoms. The second-order valence-electron chi connectivity index (χ2n) is 4.88. The number of hydrogen-bond donors (Lipinski definition) is 2. The van der Waals surface area contributed by atoms with Gasteiger partial charge in [0.1, 0.15) is 0 Å². The second kappa shape index (κ2) is 5.07. The molecule has 2 N–H and O–H groups in total. The average Bonchev–Trinajstić information content (AvgIpc) is 2.88. The number of H-pyrrole nitrogens is 2. The minimum Gasteiger partial charge on any atom is -0.301 e. The van der Waals surface area contributed by atoms with E-state index in [2.05, 4.69) is 10.2 Å². The van der Waals surface area contributed by atoms with E-state index in [9.17, 15) is 23.3 Å². The van der Waals surface area contributed by atoms with E-state index < -0.39 is 14.9 Å². The van der Waals surface area contributed by atoms with Crippen molar-refractivity contribution in [2.24, 2.45) is 0 Å². The van der Waals surface area contributed by atoms with Gasteiger partial charge in [0.2, 0.25) is 10.0 Å². The van der Waals surface area contributed by atoms with Crippen LogP contribution in [-0.4, -0.2) is 34.4 Å². The van der Waals surface area contributed by atoms with Crippen LogP contribution >= 0.6 is 0 Å². The van der Waals surface area contributed by atoms with E-state index in [1.54, 1.807) is 0 Å². The van der Waals surface area contributed by atoms with Crippen molar-refractivity contribution in [1.29, 1.82) is 0 Å². The van der Waals surface area contributed by atoms with Crippen LogP contribution in [0.3, 0.4) is 0 Å². The Hall–Kier alpha value is -2.46. The number of nitrogens with one attached hydrogen (secondary N) is 2. The van der Waals surface area contributed by atoms with Crippen LogP contribution in [0, 0.1) is 10.1 Å². The highest BCUT2D eigenvalue weighted by atomic mass is 32.2. The highest BCUT2D eigenvalue weighted by molar-refractivity contribution is 7.89. The summed E-state index contributed by atoms with van der Waals surface area (Å²) in [6.07, 6.45) is 0.320. The molecule has 0 unspecified atom stereocenters. The summed E-state index contributed by atoms with van der Waals surface area (Å²) in [7, 11) is -3.76. The van der Waals surface area contributed by atoms with Gasteiger partial charge in [0.25, 0.3) is 11.2 Å². The highest BCUT2D eigenvalue weighted by Crippen LogP contribution is 2.23. The van der Waals surface area contributed by atoms with E-state index in [0.29, 0.717) is 17.7 Å². The van der Waals surface area contributed by atoms with E-state index in [1.807, 2.05) is 0 Å². The Labute approximate surface area is 124 Å². The number of rotatable bonds is 3. The summed E-state index contributed by atoms with van der Waals surface area (Å²) in [5.74, 6) is 0. The second-order valence-corrected chi connectivity index (χ2v) is 6.81. The fourth-order valence-electron chi connectivity index (χ4n) is 2.41. The van der Waals surface area contributed by atoms with Crippen LogP contribution in [0.4, 0.5) is 5.69 Å². The zero-order valence-corrected chi connectivity index (χ0v) is 12.1. The molecule has 116 valence electrons. The van der Waals surface area contributed by atoms with Crippen LogP contribution in [-0.2, 0) is 23.0 Å². The summed E-state index contributed by atoms with van der Waals surface area (Å²) in [5, 5.41) is 15.7. The maximum absolute atomic E-state index is 12.5. The molecular formula is C12H12N4O5S. The Kier molecular flexibility index (Phi) is 3.34. The van der Waals surface area contributed by atoms with Gasteiger partial charge < -0.3 is 5.10 Å². The Morgan fingerprint density at radius 1 is 1.18 bits per heavy atom. The molecule has 1 aromatic heterocycles. The molecule has 0 aliphatic carbocycles. The quantitative estimate of drug-likeness (QED) is 0.622. The third-order valence-electron chi connectivity index (χ3n) is 3.60. The lowest BCUT2D eigenvalue weighted by atomic mass is 10.1. The number of hydrogen-bond acceptors (Lipinski definition) is 5. The maximum atomic E-state index is 12.5. The number of benzene rings is 1. The molecule has 0 amide bonds. The smallest absolute Gasteiger partial charge is 0.269 e. The van der Waals surface area contributed by atoms with Crippen molar-refractivity contribution >= 4 is 15.7 Å². The Morgan fingerprint density at radius 3 is 2.50 bits per heavy atom. The lowest BCUT2D eigenvalue weighted by molar-refractivity contribution is -0.384. The topological polar surface area (TPSA) is 129 Å². The van der Waals surface area contributed by atoms with E-state index >= 15 is 0 Å². The summed E-state index contributed by atoms with van der Waals surface area (Å²) >= 11 is 0. The fraction of sp³-hybridized carbons (Fsp3) is 0.250. The van der Waals surface area contributed by atoms with Gasteiger partial charge >= 0.3 is 0 Å². The van der Waals surface area contributed by atoms with E-state index in [4.69, 9.17) is 0 Å². The Bertz CT molecular complexity index is 881. The number of aromatic amines is 2. The fourth-order valence-corrected chi connectivity index (χ4v) is 3.81. The maximum Gasteiger partial charge on any atom is 0.269 e. The standard InChI is InChI=1S/C12H12N4O5S/c17-12-10-5-6-15(7-11(10)13-14-12)22(20,21)9-3-1-8(2-4-9)16(18)19/h1-4H,5-7H2,(H2,13,14,17). The van der Waals surface area contributed by atoms with E-state index in [0.717, 1.165) is 12.1 Å². The van der Waals surface area contributed by atoms with Crippen LogP contribution in [0.1, 0.15) is 11.3 Å². The number of nitrogens with zero attached hydrogens (tertiary/aromatic N) is 2. The molecule has 2 heterocycles. The Morgan fingerprint density at radius 2 is 1.86 bits per heavy atom. The zero-order valence-electron chi connectivity index (χ0n) is 11.3. The minimum atomic E-state index is -3.76. The summed E-state index contributed by atoms with van der Waals surface area (Å²) < 4.78 is 26.3. The Balaban J connectivity index is 1.90. The predicted molar refractivity (Wildman–Crippen MR) is 75.8 cm³/mol. The van der Waals surface area contributed by atoms with Crippen LogP contribution in [0.5, 0.6) is 0 Å². The molecule has 0 fully saturated rings. The molecule has 0 saturated heterocycles. The molecule has 22 heavy (non-hydrogen) atoms. The third-order valence-corrected chi connectivity index (χ3v) is 5.46. The lowest BCUT2D eigenvalue weighted by Crippen LogP contribution is -2.36. The normalized spacial score (nSPS) is 15.5. The first kappa shape index (κ1) is 14.5. The summed E-state index contributed by atoms with van der Waals surface area (Å²) in [6, 6.07) is 4.73. The van der Waals surface area contributed by atoms with Crippen molar-refractivity contribution in [2.75, 3.05) is 6.54 Å². The number of nitro groups is 1. The van der Waals surface area contributed by atoms with Crippen molar-refractivity contribution in [2.45, 2.75) is 17.9 Å². The first-order valence-electron chi connectivity index (χ1n) is 6.42. The molecule has 1 aliphatic heterocycles. The number of aromatic nitrogens is 2. The largest absolute Gasteiger partial charge is 0.301 e. The SMILES string of the molecule is O=c1[nH][nH]c2c1CCN(S(=O)(=O)c1ccc([N+](=O)[O-])cc1)C2. The van der Waals surface area contributed by atoms with E-state index in [1.165, 1.54) is 16.4 Å². The van der Waals surface area contributed by atoms with Crippen LogP contribution < -0.4 is 5.56 Å². The molecule has 0 atom stereocenters. The van der Waals surface area contributed by atoms with Gasteiger partial charge in [0, 0.05) is 24.2 Å². The molecular weight excluding hydrogens is 312 g/mol. The zero-order chi connectivity index (χ0) is 15.9. The monoisotopic (exact) mass is 324 g/mol. The average molecular weight is 324 g/mol. The predicted octanol–water partition coefficient (Wildman–Crippen LogP) is 0.358.